The molecule has 4 heteroatoms. The monoisotopic (exact) mass is 283 g/mol. The summed E-state index contributed by atoms with van der Waals surface area (Å²) in [5.74, 6) is -0.900. The van der Waals surface area contributed by atoms with E-state index in [-0.39, 0.29) is 6.04 Å². The zero-order valence-electron chi connectivity index (χ0n) is 11.5. The molecule has 0 aromatic heterocycles. The highest BCUT2D eigenvalue weighted by Gasteiger charge is 2.21. The Bertz CT molecular complexity index is 405. The van der Waals surface area contributed by atoms with Gasteiger partial charge < -0.3 is 10.8 Å². The second-order valence-corrected chi connectivity index (χ2v) is 5.73. The first-order chi connectivity index (χ1) is 8.90. The van der Waals surface area contributed by atoms with Crippen LogP contribution < -0.4 is 5.73 Å². The fourth-order valence-corrected chi connectivity index (χ4v) is 2.16. The predicted octanol–water partition coefficient (Wildman–Crippen LogP) is 3.35. The van der Waals surface area contributed by atoms with Crippen molar-refractivity contribution in [2.45, 2.75) is 39.2 Å². The molecule has 1 unspecified atom stereocenters. The molecule has 0 fully saturated rings. The van der Waals surface area contributed by atoms with Crippen molar-refractivity contribution in [1.29, 1.82) is 0 Å². The second-order valence-electron chi connectivity index (χ2n) is 5.30. The average Bonchev–Trinajstić information content (AvgIpc) is 2.37. The van der Waals surface area contributed by atoms with Gasteiger partial charge in [0.25, 0.3) is 0 Å². The van der Waals surface area contributed by atoms with Crippen LogP contribution in [0, 0.1) is 11.8 Å². The molecule has 3 N–H and O–H groups in total. The predicted molar refractivity (Wildman–Crippen MR) is 78.3 cm³/mol. The fourth-order valence-electron chi connectivity index (χ4n) is 2.03. The lowest BCUT2D eigenvalue weighted by atomic mass is 9.90. The van der Waals surface area contributed by atoms with Gasteiger partial charge in [-0.1, -0.05) is 37.6 Å². The van der Waals surface area contributed by atoms with E-state index in [0.717, 1.165) is 24.3 Å². The van der Waals surface area contributed by atoms with Crippen LogP contribution in [0.15, 0.2) is 24.3 Å². The van der Waals surface area contributed by atoms with Crippen molar-refractivity contribution >= 4 is 17.6 Å². The molecule has 0 saturated heterocycles. The maximum Gasteiger partial charge on any atom is 0.307 e. The van der Waals surface area contributed by atoms with Gasteiger partial charge in [-0.2, -0.15) is 0 Å². The normalized spacial score (nSPS) is 15.8. The third kappa shape index (κ3) is 5.62. The van der Waals surface area contributed by atoms with E-state index in [4.69, 9.17) is 22.4 Å². The number of carbonyl (C=O) groups is 1. The Balaban J connectivity index is 2.37. The van der Waals surface area contributed by atoms with Gasteiger partial charge in [-0.05, 0) is 42.9 Å². The smallest absolute Gasteiger partial charge is 0.307 e. The summed E-state index contributed by atoms with van der Waals surface area (Å²) in [6.45, 7) is 3.78. The van der Waals surface area contributed by atoms with Gasteiger partial charge in [-0.25, -0.2) is 0 Å². The van der Waals surface area contributed by atoms with Crippen molar-refractivity contribution < 1.29 is 9.90 Å². The quantitative estimate of drug-likeness (QED) is 0.807. The summed E-state index contributed by atoms with van der Waals surface area (Å²) in [4.78, 5) is 10.8. The number of aryl methyl sites for hydroxylation is 1. The van der Waals surface area contributed by atoms with Gasteiger partial charge in [-0.3, -0.25) is 4.79 Å². The Morgan fingerprint density at radius 3 is 2.42 bits per heavy atom. The van der Waals surface area contributed by atoms with Crippen molar-refractivity contribution in [3.63, 3.8) is 0 Å². The van der Waals surface area contributed by atoms with E-state index in [0.29, 0.717) is 5.92 Å². The molecular weight excluding hydrogens is 262 g/mol. The molecule has 106 valence electrons. The second kappa shape index (κ2) is 7.51. The molecule has 1 rings (SSSR count). The molecule has 0 heterocycles. The van der Waals surface area contributed by atoms with E-state index in [1.807, 2.05) is 24.3 Å². The highest BCUT2D eigenvalue weighted by Crippen LogP contribution is 2.18. The van der Waals surface area contributed by atoms with Crippen LogP contribution >= 0.6 is 11.6 Å². The SMILES string of the molecule is CC(C(=O)O)[C@@H](N)C[C@H](C)CCc1ccc(Cl)cc1. The molecule has 1 aromatic rings. The number of carboxylic acid groups (broad SMARTS) is 1. The highest BCUT2D eigenvalue weighted by atomic mass is 35.5. The van der Waals surface area contributed by atoms with Crippen LogP contribution in [0.25, 0.3) is 0 Å². The van der Waals surface area contributed by atoms with Crippen LogP contribution in [0.5, 0.6) is 0 Å². The molecule has 3 nitrogen and oxygen atoms in total. The number of nitrogens with two attached hydrogens (primary N) is 1. The summed E-state index contributed by atoms with van der Waals surface area (Å²) < 4.78 is 0. The molecular formula is C15H22ClNO2. The minimum absolute atomic E-state index is 0.280. The molecule has 0 aliphatic rings. The fraction of sp³-hybridized carbons (Fsp3) is 0.533. The van der Waals surface area contributed by atoms with E-state index in [2.05, 4.69) is 6.92 Å². The number of benzene rings is 1. The number of halogens is 1. The van der Waals surface area contributed by atoms with E-state index >= 15 is 0 Å². The van der Waals surface area contributed by atoms with E-state index < -0.39 is 11.9 Å². The Labute approximate surface area is 119 Å². The van der Waals surface area contributed by atoms with Crippen molar-refractivity contribution in [2.75, 3.05) is 0 Å². The summed E-state index contributed by atoms with van der Waals surface area (Å²) in [7, 11) is 0. The standard InChI is InChI=1S/C15H22ClNO2/c1-10(9-14(17)11(2)15(18)19)3-4-12-5-7-13(16)8-6-12/h5-8,10-11,14H,3-4,9,17H2,1-2H3,(H,18,19)/t10-,11?,14+/m1/s1. The van der Waals surface area contributed by atoms with Crippen LogP contribution in [0.2, 0.25) is 5.02 Å². The summed E-state index contributed by atoms with van der Waals surface area (Å²) in [5.41, 5.74) is 7.16. The number of hydrogen-bond donors (Lipinski definition) is 2. The van der Waals surface area contributed by atoms with Gasteiger partial charge in [-0.15, -0.1) is 0 Å². The molecule has 1 aromatic carbocycles. The maximum atomic E-state index is 10.8. The summed E-state index contributed by atoms with van der Waals surface area (Å²) in [5, 5.41) is 9.65. The van der Waals surface area contributed by atoms with Gasteiger partial charge in [0.15, 0.2) is 0 Å². The third-order valence-electron chi connectivity index (χ3n) is 3.55. The molecule has 0 spiro atoms. The molecule has 0 amide bonds. The van der Waals surface area contributed by atoms with Crippen LogP contribution in [0.3, 0.4) is 0 Å². The van der Waals surface area contributed by atoms with Crippen molar-refractivity contribution in [3.8, 4) is 0 Å². The molecule has 19 heavy (non-hydrogen) atoms. The van der Waals surface area contributed by atoms with E-state index in [9.17, 15) is 4.79 Å². The zero-order valence-corrected chi connectivity index (χ0v) is 12.2. The number of hydrogen-bond acceptors (Lipinski definition) is 2. The van der Waals surface area contributed by atoms with E-state index in [1.54, 1.807) is 6.92 Å². The lowest BCUT2D eigenvalue weighted by molar-refractivity contribution is -0.141. The summed E-state index contributed by atoms with van der Waals surface area (Å²) in [6.07, 6.45) is 2.70. The molecule has 0 saturated carbocycles. The number of aliphatic carboxylic acids is 1. The van der Waals surface area contributed by atoms with Gasteiger partial charge in [0.2, 0.25) is 0 Å². The molecule has 0 bridgehead atoms. The minimum atomic E-state index is -0.822. The van der Waals surface area contributed by atoms with E-state index in [1.165, 1.54) is 5.56 Å². The minimum Gasteiger partial charge on any atom is -0.481 e. The molecule has 0 radical (unpaired) electrons. The largest absolute Gasteiger partial charge is 0.481 e. The van der Waals surface area contributed by atoms with Crippen LogP contribution in [-0.4, -0.2) is 17.1 Å². The van der Waals surface area contributed by atoms with Gasteiger partial charge in [0, 0.05) is 11.1 Å². The Hall–Kier alpha value is -1.06. The van der Waals surface area contributed by atoms with Crippen LogP contribution in [0.4, 0.5) is 0 Å². The van der Waals surface area contributed by atoms with Gasteiger partial charge in [0.05, 0.1) is 5.92 Å². The number of rotatable bonds is 7. The Morgan fingerprint density at radius 2 is 1.89 bits per heavy atom. The zero-order chi connectivity index (χ0) is 14.4. The maximum absolute atomic E-state index is 10.8. The topological polar surface area (TPSA) is 63.3 Å². The van der Waals surface area contributed by atoms with Crippen molar-refractivity contribution in [3.05, 3.63) is 34.9 Å². The first-order valence-electron chi connectivity index (χ1n) is 6.63. The summed E-state index contributed by atoms with van der Waals surface area (Å²) >= 11 is 5.84. The Morgan fingerprint density at radius 1 is 1.32 bits per heavy atom. The summed E-state index contributed by atoms with van der Waals surface area (Å²) in [6, 6.07) is 7.54. The van der Waals surface area contributed by atoms with Crippen LogP contribution in [-0.2, 0) is 11.2 Å². The van der Waals surface area contributed by atoms with Gasteiger partial charge >= 0.3 is 5.97 Å². The Kier molecular flexibility index (Phi) is 6.32. The van der Waals surface area contributed by atoms with Crippen molar-refractivity contribution in [1.82, 2.24) is 0 Å². The average molecular weight is 284 g/mol. The molecule has 0 aliphatic heterocycles. The van der Waals surface area contributed by atoms with Crippen molar-refractivity contribution in [2.24, 2.45) is 17.6 Å². The first kappa shape index (κ1) is 16.0. The van der Waals surface area contributed by atoms with Gasteiger partial charge in [0.1, 0.15) is 0 Å². The lowest BCUT2D eigenvalue weighted by Crippen LogP contribution is -2.35. The number of carboxylic acids is 1. The van der Waals surface area contributed by atoms with Crippen LogP contribution in [0.1, 0.15) is 32.3 Å². The molecule has 3 atom stereocenters. The highest BCUT2D eigenvalue weighted by molar-refractivity contribution is 6.30. The third-order valence-corrected chi connectivity index (χ3v) is 3.80. The molecule has 0 aliphatic carbocycles. The first-order valence-corrected chi connectivity index (χ1v) is 7.00. The lowest BCUT2D eigenvalue weighted by Gasteiger charge is -2.20.